The standard InChI is InChI=1S/C21H29N3O2/c1-6-7-17-9-8-16(12-23-17)15(4)24-13-19(20(25)14(2)3)18(21(24)26)10-11-22-5/h8-11,14-15,23H,5-7,12-13H2,1-4H3/b11-10-. The maximum absolute atomic E-state index is 12.9. The highest BCUT2D eigenvalue weighted by molar-refractivity contribution is 6.11. The first-order chi connectivity index (χ1) is 12.4. The van der Waals surface area contributed by atoms with Gasteiger partial charge >= 0.3 is 0 Å². The summed E-state index contributed by atoms with van der Waals surface area (Å²) in [4.78, 5) is 31.0. The molecule has 0 aromatic carbocycles. The molecule has 2 aliphatic heterocycles. The summed E-state index contributed by atoms with van der Waals surface area (Å²) in [5, 5.41) is 3.42. The molecule has 1 atom stereocenters. The summed E-state index contributed by atoms with van der Waals surface area (Å²) < 4.78 is 0. The summed E-state index contributed by atoms with van der Waals surface area (Å²) in [6.45, 7) is 12.4. The zero-order valence-electron chi connectivity index (χ0n) is 16.2. The molecular weight excluding hydrogens is 326 g/mol. The van der Waals surface area contributed by atoms with E-state index < -0.39 is 0 Å². The number of dihydropyridines is 1. The Bertz CT molecular complexity index is 711. The van der Waals surface area contributed by atoms with Gasteiger partial charge in [0.05, 0.1) is 12.6 Å². The van der Waals surface area contributed by atoms with Crippen LogP contribution in [0, 0.1) is 5.92 Å². The third-order valence-electron chi connectivity index (χ3n) is 4.85. The van der Waals surface area contributed by atoms with Gasteiger partial charge in [-0.3, -0.25) is 14.6 Å². The zero-order chi connectivity index (χ0) is 19.3. The molecule has 26 heavy (non-hydrogen) atoms. The molecule has 0 saturated carbocycles. The zero-order valence-corrected chi connectivity index (χ0v) is 16.2. The van der Waals surface area contributed by atoms with Gasteiger partial charge in [0, 0.05) is 35.5 Å². The van der Waals surface area contributed by atoms with Gasteiger partial charge in [-0.05, 0) is 37.8 Å². The molecule has 0 spiro atoms. The molecule has 5 heteroatoms. The van der Waals surface area contributed by atoms with Gasteiger partial charge in [-0.15, -0.1) is 0 Å². The molecule has 1 amide bonds. The van der Waals surface area contributed by atoms with Crippen molar-refractivity contribution in [1.82, 2.24) is 10.2 Å². The SMILES string of the molecule is C=N/C=C\C1=C(C(=O)C(C)C)CN(C(C)C2=CC=C(CCC)NC2)C1=O. The second-order valence-electron chi connectivity index (χ2n) is 7.06. The minimum Gasteiger partial charge on any atom is -0.385 e. The second-order valence-corrected chi connectivity index (χ2v) is 7.06. The van der Waals surface area contributed by atoms with Crippen molar-refractivity contribution in [3.63, 3.8) is 0 Å². The van der Waals surface area contributed by atoms with Crippen LogP contribution in [0.3, 0.4) is 0 Å². The highest BCUT2D eigenvalue weighted by Gasteiger charge is 2.36. The van der Waals surface area contributed by atoms with Crippen molar-refractivity contribution in [3.8, 4) is 0 Å². The summed E-state index contributed by atoms with van der Waals surface area (Å²) in [5.74, 6) is -0.258. The first kappa shape index (κ1) is 19.9. The quantitative estimate of drug-likeness (QED) is 0.680. The largest absolute Gasteiger partial charge is 0.385 e. The van der Waals surface area contributed by atoms with Gasteiger partial charge in [-0.2, -0.15) is 0 Å². The average Bonchev–Trinajstić information content (AvgIpc) is 2.96. The number of carbonyl (C=O) groups is 2. The second kappa shape index (κ2) is 8.79. The molecule has 140 valence electrons. The van der Waals surface area contributed by atoms with Crippen LogP contribution in [0.2, 0.25) is 0 Å². The van der Waals surface area contributed by atoms with Crippen LogP contribution in [0.4, 0.5) is 0 Å². The van der Waals surface area contributed by atoms with E-state index in [1.54, 1.807) is 11.0 Å². The Morgan fingerprint density at radius 2 is 2.12 bits per heavy atom. The predicted molar refractivity (Wildman–Crippen MR) is 106 cm³/mol. The Kier molecular flexibility index (Phi) is 6.72. The van der Waals surface area contributed by atoms with Crippen molar-refractivity contribution < 1.29 is 9.59 Å². The lowest BCUT2D eigenvalue weighted by atomic mass is 9.98. The number of nitrogens with zero attached hydrogens (tertiary/aromatic N) is 2. The van der Waals surface area contributed by atoms with Crippen LogP contribution in [0.25, 0.3) is 0 Å². The molecule has 0 saturated heterocycles. The topological polar surface area (TPSA) is 61.8 Å². The van der Waals surface area contributed by atoms with E-state index in [1.165, 1.54) is 11.9 Å². The number of hydrogen-bond donors (Lipinski definition) is 1. The van der Waals surface area contributed by atoms with E-state index in [9.17, 15) is 9.59 Å². The summed E-state index contributed by atoms with van der Waals surface area (Å²) >= 11 is 0. The molecular formula is C21H29N3O2. The van der Waals surface area contributed by atoms with Crippen molar-refractivity contribution in [3.05, 3.63) is 46.8 Å². The first-order valence-electron chi connectivity index (χ1n) is 9.24. The number of Topliss-reactive ketones (excluding diaryl/α,β-unsaturated/α-hetero) is 1. The van der Waals surface area contributed by atoms with Gasteiger partial charge in [-0.25, -0.2) is 0 Å². The van der Waals surface area contributed by atoms with E-state index in [2.05, 4.69) is 36.1 Å². The van der Waals surface area contributed by atoms with Gasteiger partial charge in [0.25, 0.3) is 5.91 Å². The van der Waals surface area contributed by atoms with Crippen LogP contribution < -0.4 is 5.32 Å². The van der Waals surface area contributed by atoms with Crippen LogP contribution in [-0.2, 0) is 9.59 Å². The molecule has 0 aromatic rings. The van der Waals surface area contributed by atoms with Crippen molar-refractivity contribution in [2.24, 2.45) is 10.9 Å². The van der Waals surface area contributed by atoms with E-state index in [1.807, 2.05) is 20.8 Å². The van der Waals surface area contributed by atoms with Crippen molar-refractivity contribution >= 4 is 18.4 Å². The average molecular weight is 355 g/mol. The molecule has 0 aliphatic carbocycles. The van der Waals surface area contributed by atoms with Gasteiger partial charge < -0.3 is 10.2 Å². The predicted octanol–water partition coefficient (Wildman–Crippen LogP) is 3.17. The van der Waals surface area contributed by atoms with E-state index in [4.69, 9.17) is 0 Å². The van der Waals surface area contributed by atoms with Crippen LogP contribution in [0.5, 0.6) is 0 Å². The van der Waals surface area contributed by atoms with E-state index in [0.717, 1.165) is 25.0 Å². The van der Waals surface area contributed by atoms with Gasteiger partial charge in [0.15, 0.2) is 5.78 Å². The molecule has 0 aromatic heterocycles. The van der Waals surface area contributed by atoms with Crippen molar-refractivity contribution in [2.45, 2.75) is 46.6 Å². The summed E-state index contributed by atoms with van der Waals surface area (Å²) in [7, 11) is 0. The van der Waals surface area contributed by atoms with Crippen LogP contribution >= 0.6 is 0 Å². The number of allylic oxidation sites excluding steroid dienone is 3. The normalized spacial score (nSPS) is 19.0. The maximum Gasteiger partial charge on any atom is 0.255 e. The lowest BCUT2D eigenvalue weighted by Gasteiger charge is -2.29. The lowest BCUT2D eigenvalue weighted by Crippen LogP contribution is -2.40. The maximum atomic E-state index is 12.9. The monoisotopic (exact) mass is 355 g/mol. The van der Waals surface area contributed by atoms with Crippen molar-refractivity contribution in [2.75, 3.05) is 13.1 Å². The third-order valence-corrected chi connectivity index (χ3v) is 4.85. The van der Waals surface area contributed by atoms with E-state index in [0.29, 0.717) is 17.7 Å². The molecule has 0 radical (unpaired) electrons. The molecule has 1 N–H and O–H groups in total. The van der Waals surface area contributed by atoms with E-state index >= 15 is 0 Å². The van der Waals surface area contributed by atoms with Crippen LogP contribution in [0.1, 0.15) is 40.5 Å². The minimum atomic E-state index is -0.150. The summed E-state index contributed by atoms with van der Waals surface area (Å²) in [6, 6.07) is -0.0769. The Morgan fingerprint density at radius 3 is 2.65 bits per heavy atom. The smallest absolute Gasteiger partial charge is 0.255 e. The highest BCUT2D eigenvalue weighted by atomic mass is 16.2. The summed E-state index contributed by atoms with van der Waals surface area (Å²) in [6.07, 6.45) is 9.39. The number of carbonyl (C=O) groups excluding carboxylic acids is 2. The molecule has 2 rings (SSSR count). The fourth-order valence-corrected chi connectivity index (χ4v) is 3.25. The van der Waals surface area contributed by atoms with Crippen LogP contribution in [-0.4, -0.2) is 42.4 Å². The molecule has 0 fully saturated rings. The lowest BCUT2D eigenvalue weighted by molar-refractivity contribution is -0.126. The van der Waals surface area contributed by atoms with Crippen LogP contribution in [0.15, 0.2) is 51.8 Å². The minimum absolute atomic E-state index is 0.0117. The third kappa shape index (κ3) is 4.21. The molecule has 5 nitrogen and oxygen atoms in total. The molecule has 2 heterocycles. The first-order valence-corrected chi connectivity index (χ1v) is 9.24. The van der Waals surface area contributed by atoms with Gasteiger partial charge in [-0.1, -0.05) is 33.3 Å². The Labute approximate surface area is 156 Å². The van der Waals surface area contributed by atoms with Gasteiger partial charge in [0.2, 0.25) is 0 Å². The number of hydrogen-bond acceptors (Lipinski definition) is 4. The number of ketones is 1. The van der Waals surface area contributed by atoms with Gasteiger partial charge in [0.1, 0.15) is 0 Å². The Balaban J connectivity index is 2.25. The fraction of sp³-hybridized carbons (Fsp3) is 0.476. The number of aliphatic imine (C=N–C) groups is 1. The summed E-state index contributed by atoms with van der Waals surface area (Å²) in [5.41, 5.74) is 3.38. The fourth-order valence-electron chi connectivity index (χ4n) is 3.25. The number of nitrogens with one attached hydrogen (secondary N) is 1. The Hall–Kier alpha value is -2.43. The molecule has 1 unspecified atom stereocenters. The number of amides is 1. The highest BCUT2D eigenvalue weighted by Crippen LogP contribution is 2.28. The van der Waals surface area contributed by atoms with Crippen molar-refractivity contribution in [1.29, 1.82) is 0 Å². The Morgan fingerprint density at radius 1 is 1.38 bits per heavy atom. The van der Waals surface area contributed by atoms with E-state index in [-0.39, 0.29) is 23.7 Å². The molecule has 2 aliphatic rings. The molecule has 0 bridgehead atoms. The number of rotatable bonds is 8.